The second-order valence-electron chi connectivity index (χ2n) is 4.71. The summed E-state index contributed by atoms with van der Waals surface area (Å²) in [6.45, 7) is 2.61. The molecule has 0 N–H and O–H groups in total. The van der Waals surface area contributed by atoms with Gasteiger partial charge in [-0.1, -0.05) is 0 Å². The van der Waals surface area contributed by atoms with Crippen LogP contribution in [0.4, 0.5) is 5.69 Å². The van der Waals surface area contributed by atoms with Gasteiger partial charge in [0.15, 0.2) is 11.5 Å². The van der Waals surface area contributed by atoms with Gasteiger partial charge in [-0.2, -0.15) is 0 Å². The highest BCUT2D eigenvalue weighted by molar-refractivity contribution is 5.96. The van der Waals surface area contributed by atoms with E-state index in [2.05, 4.69) is 24.1 Å². The molecule has 2 aromatic rings. The fraction of sp³-hybridized carbons (Fsp3) is 0.357. The molecule has 1 aromatic heterocycles. The SMILES string of the molecule is CC(=O)c1cc2cc3c(cc2o1)N(C)CCC3. The molecule has 1 aliphatic rings. The number of nitrogens with zero attached hydrogens (tertiary/aromatic N) is 1. The normalized spacial score (nSPS) is 15.1. The van der Waals surface area contributed by atoms with Crippen molar-refractivity contribution in [2.75, 3.05) is 18.5 Å². The maximum Gasteiger partial charge on any atom is 0.194 e. The molecule has 3 heteroatoms. The summed E-state index contributed by atoms with van der Waals surface area (Å²) in [6, 6.07) is 6.04. The van der Waals surface area contributed by atoms with Gasteiger partial charge < -0.3 is 9.32 Å². The van der Waals surface area contributed by atoms with Crippen LogP contribution in [0.15, 0.2) is 22.6 Å². The van der Waals surface area contributed by atoms with Crippen LogP contribution in [0.3, 0.4) is 0 Å². The Morgan fingerprint density at radius 3 is 2.94 bits per heavy atom. The van der Waals surface area contributed by atoms with Crippen LogP contribution in [-0.4, -0.2) is 19.4 Å². The summed E-state index contributed by atoms with van der Waals surface area (Å²) in [5.74, 6) is 0.428. The minimum Gasteiger partial charge on any atom is -0.453 e. The zero-order valence-corrected chi connectivity index (χ0v) is 10.1. The second kappa shape index (κ2) is 3.62. The van der Waals surface area contributed by atoms with Gasteiger partial charge >= 0.3 is 0 Å². The minimum absolute atomic E-state index is 0.0208. The van der Waals surface area contributed by atoms with E-state index in [0.717, 1.165) is 23.9 Å². The summed E-state index contributed by atoms with van der Waals surface area (Å²) in [4.78, 5) is 13.5. The molecule has 3 nitrogen and oxygen atoms in total. The van der Waals surface area contributed by atoms with E-state index in [1.807, 2.05) is 6.07 Å². The van der Waals surface area contributed by atoms with Crippen molar-refractivity contribution in [1.29, 1.82) is 0 Å². The third-order valence-corrected chi connectivity index (χ3v) is 3.42. The van der Waals surface area contributed by atoms with Crippen molar-refractivity contribution in [2.24, 2.45) is 0 Å². The lowest BCUT2D eigenvalue weighted by Gasteiger charge is -2.27. The first-order chi connectivity index (χ1) is 8.15. The number of ketones is 1. The van der Waals surface area contributed by atoms with Crippen molar-refractivity contribution < 1.29 is 9.21 Å². The summed E-state index contributed by atoms with van der Waals surface area (Å²) in [5.41, 5.74) is 3.39. The Hall–Kier alpha value is -1.77. The van der Waals surface area contributed by atoms with Gasteiger partial charge in [-0.05, 0) is 30.5 Å². The van der Waals surface area contributed by atoms with Crippen LogP contribution in [0.25, 0.3) is 11.0 Å². The van der Waals surface area contributed by atoms with Crippen molar-refractivity contribution in [3.05, 3.63) is 29.5 Å². The van der Waals surface area contributed by atoms with Gasteiger partial charge in [-0.3, -0.25) is 4.79 Å². The maximum absolute atomic E-state index is 11.3. The van der Waals surface area contributed by atoms with Gasteiger partial charge in [0.2, 0.25) is 0 Å². The molecule has 17 heavy (non-hydrogen) atoms. The van der Waals surface area contributed by atoms with Crippen LogP contribution < -0.4 is 4.90 Å². The van der Waals surface area contributed by atoms with Crippen LogP contribution in [0, 0.1) is 0 Å². The van der Waals surface area contributed by atoms with E-state index in [4.69, 9.17) is 4.42 Å². The number of carbonyl (C=O) groups is 1. The van der Waals surface area contributed by atoms with Crippen molar-refractivity contribution in [3.63, 3.8) is 0 Å². The zero-order valence-electron chi connectivity index (χ0n) is 10.1. The highest BCUT2D eigenvalue weighted by atomic mass is 16.3. The van der Waals surface area contributed by atoms with Crippen molar-refractivity contribution in [3.8, 4) is 0 Å². The Morgan fingerprint density at radius 2 is 2.18 bits per heavy atom. The standard InChI is InChI=1S/C14H15NO2/c1-9(16)13-7-11-6-10-4-3-5-15(2)12(10)8-14(11)17-13/h6-8H,3-5H2,1-2H3. The predicted molar refractivity (Wildman–Crippen MR) is 67.8 cm³/mol. The molecule has 0 saturated carbocycles. The smallest absolute Gasteiger partial charge is 0.194 e. The molecule has 0 spiro atoms. The number of aryl methyl sites for hydroxylation is 1. The van der Waals surface area contributed by atoms with Gasteiger partial charge in [0, 0.05) is 37.7 Å². The highest BCUT2D eigenvalue weighted by Gasteiger charge is 2.17. The largest absolute Gasteiger partial charge is 0.453 e. The summed E-state index contributed by atoms with van der Waals surface area (Å²) in [5, 5.41) is 1.03. The number of hydrogen-bond acceptors (Lipinski definition) is 3. The topological polar surface area (TPSA) is 33.5 Å². The molecule has 0 radical (unpaired) electrons. The summed E-state index contributed by atoms with van der Waals surface area (Å²) in [6.07, 6.45) is 2.29. The Kier molecular flexibility index (Phi) is 2.21. The van der Waals surface area contributed by atoms with E-state index >= 15 is 0 Å². The third-order valence-electron chi connectivity index (χ3n) is 3.42. The van der Waals surface area contributed by atoms with Crippen LogP contribution in [-0.2, 0) is 6.42 Å². The fourth-order valence-corrected chi connectivity index (χ4v) is 2.48. The monoisotopic (exact) mass is 229 g/mol. The Balaban J connectivity index is 2.21. The quantitative estimate of drug-likeness (QED) is 0.705. The molecule has 2 heterocycles. The molecule has 0 atom stereocenters. The Morgan fingerprint density at radius 1 is 1.35 bits per heavy atom. The molecule has 0 aliphatic carbocycles. The van der Waals surface area contributed by atoms with Crippen LogP contribution in [0.1, 0.15) is 29.5 Å². The maximum atomic E-state index is 11.3. The predicted octanol–water partition coefficient (Wildman–Crippen LogP) is 3.02. The molecule has 1 aliphatic heterocycles. The van der Waals surface area contributed by atoms with E-state index in [-0.39, 0.29) is 5.78 Å². The van der Waals surface area contributed by atoms with Crippen LogP contribution >= 0.6 is 0 Å². The van der Waals surface area contributed by atoms with Gasteiger partial charge in [0.25, 0.3) is 0 Å². The first kappa shape index (κ1) is 10.4. The molecular formula is C14H15NO2. The number of hydrogen-bond donors (Lipinski definition) is 0. The minimum atomic E-state index is -0.0208. The zero-order chi connectivity index (χ0) is 12.0. The number of anilines is 1. The van der Waals surface area contributed by atoms with E-state index in [0.29, 0.717) is 5.76 Å². The molecule has 0 saturated heterocycles. The lowest BCUT2D eigenvalue weighted by Crippen LogP contribution is -2.24. The lowest BCUT2D eigenvalue weighted by molar-refractivity contribution is 0.0989. The molecule has 1 aromatic carbocycles. The first-order valence-electron chi connectivity index (χ1n) is 5.94. The molecule has 88 valence electrons. The molecule has 0 fully saturated rings. The third kappa shape index (κ3) is 1.62. The number of Topliss-reactive ketones (excluding diaryl/α,β-unsaturated/α-hetero) is 1. The van der Waals surface area contributed by atoms with E-state index in [1.54, 1.807) is 0 Å². The molecule has 0 bridgehead atoms. The van der Waals surface area contributed by atoms with E-state index in [1.165, 1.54) is 24.6 Å². The van der Waals surface area contributed by atoms with Gasteiger partial charge in [-0.25, -0.2) is 0 Å². The summed E-state index contributed by atoms with van der Waals surface area (Å²) in [7, 11) is 2.10. The number of rotatable bonds is 1. The van der Waals surface area contributed by atoms with Crippen LogP contribution in [0.5, 0.6) is 0 Å². The van der Waals surface area contributed by atoms with E-state index < -0.39 is 0 Å². The molecular weight excluding hydrogens is 214 g/mol. The number of furan rings is 1. The van der Waals surface area contributed by atoms with Crippen molar-refractivity contribution in [1.82, 2.24) is 0 Å². The number of carbonyl (C=O) groups excluding carboxylic acids is 1. The Bertz CT molecular complexity index is 598. The average Bonchev–Trinajstić information content (AvgIpc) is 2.70. The van der Waals surface area contributed by atoms with Crippen molar-refractivity contribution >= 4 is 22.4 Å². The summed E-state index contributed by atoms with van der Waals surface area (Å²) < 4.78 is 5.57. The highest BCUT2D eigenvalue weighted by Crippen LogP contribution is 2.32. The van der Waals surface area contributed by atoms with Gasteiger partial charge in [-0.15, -0.1) is 0 Å². The number of benzene rings is 1. The average molecular weight is 229 g/mol. The molecule has 0 unspecified atom stereocenters. The van der Waals surface area contributed by atoms with Gasteiger partial charge in [0.05, 0.1) is 0 Å². The Labute approximate surface area is 100 Å². The fourth-order valence-electron chi connectivity index (χ4n) is 2.48. The first-order valence-corrected chi connectivity index (χ1v) is 5.94. The molecule has 3 rings (SSSR count). The van der Waals surface area contributed by atoms with Gasteiger partial charge in [0.1, 0.15) is 5.58 Å². The van der Waals surface area contributed by atoms with E-state index in [9.17, 15) is 4.79 Å². The van der Waals surface area contributed by atoms with Crippen molar-refractivity contribution in [2.45, 2.75) is 19.8 Å². The second-order valence-corrected chi connectivity index (χ2v) is 4.71. The lowest BCUT2D eigenvalue weighted by atomic mass is 10.0. The summed E-state index contributed by atoms with van der Waals surface area (Å²) >= 11 is 0. The number of fused-ring (bicyclic) bond motifs is 2. The van der Waals surface area contributed by atoms with Crippen LogP contribution in [0.2, 0.25) is 0 Å². The molecule has 0 amide bonds.